The van der Waals surface area contributed by atoms with Gasteiger partial charge in [0, 0.05) is 18.2 Å². The molecule has 1 aromatic rings. The highest BCUT2D eigenvalue weighted by Gasteiger charge is 2.23. The largest absolute Gasteiger partial charge is 0.477 e. The molecule has 0 saturated heterocycles. The Morgan fingerprint density at radius 1 is 1.45 bits per heavy atom. The molecule has 2 atom stereocenters. The fraction of sp³-hybridized carbons (Fsp3) is 0.533. The van der Waals surface area contributed by atoms with Gasteiger partial charge in [-0.15, -0.1) is 0 Å². The summed E-state index contributed by atoms with van der Waals surface area (Å²) in [6.07, 6.45) is 4.24. The molecule has 6 nitrogen and oxygen atoms in total. The van der Waals surface area contributed by atoms with E-state index in [0.29, 0.717) is 5.92 Å². The Morgan fingerprint density at radius 2 is 2.18 bits per heavy atom. The van der Waals surface area contributed by atoms with Gasteiger partial charge in [-0.3, -0.25) is 14.9 Å². The van der Waals surface area contributed by atoms with E-state index in [1.54, 1.807) is 0 Å². The maximum atomic E-state index is 13.2. The fourth-order valence-electron chi connectivity index (χ4n) is 2.68. The zero-order chi connectivity index (χ0) is 16.1. The lowest BCUT2D eigenvalue weighted by Gasteiger charge is -2.29. The van der Waals surface area contributed by atoms with Crippen LogP contribution in [0.3, 0.4) is 0 Å². The quantitative estimate of drug-likeness (QED) is 0.669. The predicted octanol–water partition coefficient (Wildman–Crippen LogP) is 2.81. The average molecular weight is 310 g/mol. The van der Waals surface area contributed by atoms with Crippen LogP contribution in [0.5, 0.6) is 5.75 Å². The van der Waals surface area contributed by atoms with Gasteiger partial charge in [0.2, 0.25) is 5.75 Å². The van der Waals surface area contributed by atoms with Gasteiger partial charge in [0.15, 0.2) is 6.61 Å². The summed E-state index contributed by atoms with van der Waals surface area (Å²) >= 11 is 0. The van der Waals surface area contributed by atoms with Gasteiger partial charge in [-0.25, -0.2) is 4.39 Å². The standard InChI is InChI=1S/C15H19FN2O4/c1-10-4-2-3-5-12(10)17-15(19)9-22-14-8-11(16)6-7-13(14)18(20)21/h6-8,10,12H,2-5,9H2,1H3,(H,17,19)/t10-,12-/m1/s1. The lowest BCUT2D eigenvalue weighted by atomic mass is 9.86. The van der Waals surface area contributed by atoms with Gasteiger partial charge >= 0.3 is 5.69 Å². The van der Waals surface area contributed by atoms with Crippen molar-refractivity contribution in [3.05, 3.63) is 34.1 Å². The molecule has 1 aliphatic rings. The van der Waals surface area contributed by atoms with E-state index in [2.05, 4.69) is 12.2 Å². The Labute approximate surface area is 127 Å². The highest BCUT2D eigenvalue weighted by molar-refractivity contribution is 5.78. The number of hydrogen-bond acceptors (Lipinski definition) is 4. The van der Waals surface area contributed by atoms with E-state index in [-0.39, 0.29) is 30.0 Å². The molecular weight excluding hydrogens is 291 g/mol. The molecule has 1 fully saturated rings. The van der Waals surface area contributed by atoms with Crippen molar-refractivity contribution in [1.29, 1.82) is 0 Å². The lowest BCUT2D eigenvalue weighted by Crippen LogP contribution is -2.43. The monoisotopic (exact) mass is 310 g/mol. The number of amides is 1. The molecule has 1 N–H and O–H groups in total. The molecule has 2 rings (SSSR count). The molecule has 0 unspecified atom stereocenters. The molecule has 22 heavy (non-hydrogen) atoms. The molecule has 0 aromatic heterocycles. The Kier molecular flexibility index (Phi) is 5.30. The third kappa shape index (κ3) is 4.16. The molecule has 0 spiro atoms. The number of rotatable bonds is 5. The summed E-state index contributed by atoms with van der Waals surface area (Å²) in [5, 5.41) is 13.7. The van der Waals surface area contributed by atoms with Gasteiger partial charge in [-0.05, 0) is 24.8 Å². The third-order valence-corrected chi connectivity index (χ3v) is 3.94. The van der Waals surface area contributed by atoms with Gasteiger partial charge in [-0.1, -0.05) is 19.8 Å². The zero-order valence-corrected chi connectivity index (χ0v) is 12.4. The van der Waals surface area contributed by atoms with Gasteiger partial charge in [0.1, 0.15) is 5.82 Å². The van der Waals surface area contributed by atoms with Gasteiger partial charge in [-0.2, -0.15) is 0 Å². The minimum absolute atomic E-state index is 0.104. The second kappa shape index (κ2) is 7.20. The molecule has 0 aliphatic heterocycles. The van der Waals surface area contributed by atoms with Gasteiger partial charge in [0.25, 0.3) is 5.91 Å². The van der Waals surface area contributed by atoms with Gasteiger partial charge < -0.3 is 10.1 Å². The van der Waals surface area contributed by atoms with Crippen molar-refractivity contribution in [3.8, 4) is 5.75 Å². The summed E-state index contributed by atoms with van der Waals surface area (Å²) < 4.78 is 18.3. The van der Waals surface area contributed by atoms with E-state index in [1.165, 1.54) is 6.42 Å². The smallest absolute Gasteiger partial charge is 0.311 e. The van der Waals surface area contributed by atoms with Crippen molar-refractivity contribution in [2.24, 2.45) is 5.92 Å². The number of nitro benzene ring substituents is 1. The average Bonchev–Trinajstić information content (AvgIpc) is 2.47. The fourth-order valence-corrected chi connectivity index (χ4v) is 2.68. The number of hydrogen-bond donors (Lipinski definition) is 1. The minimum atomic E-state index is -0.671. The number of carbonyl (C=O) groups excluding carboxylic acids is 1. The Hall–Kier alpha value is -2.18. The number of nitrogens with one attached hydrogen (secondary N) is 1. The number of nitrogens with zero attached hydrogens (tertiary/aromatic N) is 1. The van der Waals surface area contributed by atoms with E-state index in [4.69, 9.17) is 4.74 Å². The first-order chi connectivity index (χ1) is 10.5. The number of ether oxygens (including phenoxy) is 1. The van der Waals surface area contributed by atoms with Crippen molar-refractivity contribution in [2.45, 2.75) is 38.6 Å². The van der Waals surface area contributed by atoms with Crippen molar-refractivity contribution >= 4 is 11.6 Å². The number of nitro groups is 1. The zero-order valence-electron chi connectivity index (χ0n) is 12.4. The summed E-state index contributed by atoms with van der Waals surface area (Å²) in [4.78, 5) is 22.1. The van der Waals surface area contributed by atoms with E-state index in [0.717, 1.165) is 37.5 Å². The van der Waals surface area contributed by atoms with Crippen LogP contribution in [0.1, 0.15) is 32.6 Å². The minimum Gasteiger partial charge on any atom is -0.477 e. The summed E-state index contributed by atoms with van der Waals surface area (Å²) in [5.74, 6) is -0.836. The van der Waals surface area contributed by atoms with Crippen LogP contribution in [0.25, 0.3) is 0 Å². The van der Waals surface area contributed by atoms with Crippen molar-refractivity contribution in [1.82, 2.24) is 5.32 Å². The molecule has 1 amide bonds. The highest BCUT2D eigenvalue weighted by atomic mass is 19.1. The Bertz CT molecular complexity index is 564. The van der Waals surface area contributed by atoms with Crippen LogP contribution in [0, 0.1) is 21.8 Å². The van der Waals surface area contributed by atoms with Gasteiger partial charge in [0.05, 0.1) is 4.92 Å². The highest BCUT2D eigenvalue weighted by Crippen LogP contribution is 2.27. The molecule has 0 bridgehead atoms. The Balaban J connectivity index is 1.93. The second-order valence-electron chi connectivity index (χ2n) is 5.59. The second-order valence-corrected chi connectivity index (χ2v) is 5.59. The maximum Gasteiger partial charge on any atom is 0.311 e. The van der Waals surface area contributed by atoms with Crippen LogP contribution in [0.15, 0.2) is 18.2 Å². The first kappa shape index (κ1) is 16.2. The van der Waals surface area contributed by atoms with Crippen LogP contribution >= 0.6 is 0 Å². The van der Waals surface area contributed by atoms with Crippen LogP contribution in [0.4, 0.5) is 10.1 Å². The topological polar surface area (TPSA) is 81.5 Å². The van der Waals surface area contributed by atoms with E-state index in [9.17, 15) is 19.3 Å². The molecular formula is C15H19FN2O4. The van der Waals surface area contributed by atoms with E-state index in [1.807, 2.05) is 0 Å². The van der Waals surface area contributed by atoms with E-state index < -0.39 is 10.7 Å². The molecule has 1 aromatic carbocycles. The first-order valence-electron chi connectivity index (χ1n) is 7.33. The summed E-state index contributed by atoms with van der Waals surface area (Å²) in [6, 6.07) is 3.02. The first-order valence-corrected chi connectivity index (χ1v) is 7.33. The Morgan fingerprint density at radius 3 is 2.86 bits per heavy atom. The number of benzene rings is 1. The summed E-state index contributed by atoms with van der Waals surface area (Å²) in [7, 11) is 0. The van der Waals surface area contributed by atoms with Crippen LogP contribution in [-0.2, 0) is 4.79 Å². The van der Waals surface area contributed by atoms with Crippen LogP contribution in [-0.4, -0.2) is 23.5 Å². The predicted molar refractivity (Wildman–Crippen MR) is 78.1 cm³/mol. The maximum absolute atomic E-state index is 13.2. The van der Waals surface area contributed by atoms with Crippen molar-refractivity contribution < 1.29 is 18.8 Å². The molecule has 1 aliphatic carbocycles. The molecule has 1 saturated carbocycles. The lowest BCUT2D eigenvalue weighted by molar-refractivity contribution is -0.385. The normalized spacial score (nSPS) is 21.2. The van der Waals surface area contributed by atoms with Crippen molar-refractivity contribution in [2.75, 3.05) is 6.61 Å². The van der Waals surface area contributed by atoms with E-state index >= 15 is 0 Å². The number of halogens is 1. The molecule has 0 radical (unpaired) electrons. The van der Waals surface area contributed by atoms with Crippen LogP contribution < -0.4 is 10.1 Å². The van der Waals surface area contributed by atoms with Crippen LogP contribution in [0.2, 0.25) is 0 Å². The summed E-state index contributed by atoms with van der Waals surface area (Å²) in [5.41, 5.74) is -0.361. The summed E-state index contributed by atoms with van der Waals surface area (Å²) in [6.45, 7) is 1.72. The molecule has 7 heteroatoms. The molecule has 120 valence electrons. The third-order valence-electron chi connectivity index (χ3n) is 3.94. The molecule has 0 heterocycles. The van der Waals surface area contributed by atoms with Crippen molar-refractivity contribution in [3.63, 3.8) is 0 Å². The SMILES string of the molecule is C[C@@H]1CCCC[C@H]1NC(=O)COc1cc(F)ccc1[N+](=O)[O-]. The number of carbonyl (C=O) groups is 1.